The molecule has 1 aliphatic rings. The van der Waals surface area contributed by atoms with Gasteiger partial charge in [-0.05, 0) is 44.4 Å². The highest BCUT2D eigenvalue weighted by molar-refractivity contribution is 6.32. The van der Waals surface area contributed by atoms with E-state index in [0.29, 0.717) is 6.54 Å². The van der Waals surface area contributed by atoms with Gasteiger partial charge in [-0.25, -0.2) is 0 Å². The van der Waals surface area contributed by atoms with Crippen LogP contribution in [0.1, 0.15) is 46.2 Å². The van der Waals surface area contributed by atoms with Crippen LogP contribution in [0.25, 0.3) is 0 Å². The number of amides is 1. The molecule has 2 aromatic rings. The number of phenols is 2. The van der Waals surface area contributed by atoms with Crippen molar-refractivity contribution in [1.29, 1.82) is 0 Å². The zero-order valence-corrected chi connectivity index (χ0v) is 14.3. The highest BCUT2D eigenvalue weighted by Crippen LogP contribution is 2.37. The smallest absolute Gasteiger partial charge is 0.258 e. The Labute approximate surface area is 145 Å². The van der Waals surface area contributed by atoms with Gasteiger partial charge in [-0.2, -0.15) is 0 Å². The van der Waals surface area contributed by atoms with Gasteiger partial charge in [0, 0.05) is 24.0 Å². The summed E-state index contributed by atoms with van der Waals surface area (Å²) in [5.41, 5.74) is 2.97. The van der Waals surface area contributed by atoms with E-state index in [4.69, 9.17) is 11.6 Å². The number of hydrogen-bond acceptors (Lipinski definition) is 4. The Morgan fingerprint density at radius 3 is 2.71 bits per heavy atom. The second-order valence-corrected chi connectivity index (χ2v) is 6.51. The van der Waals surface area contributed by atoms with E-state index in [-0.39, 0.29) is 34.0 Å². The molecule has 2 N–H and O–H groups in total. The van der Waals surface area contributed by atoms with Crippen LogP contribution in [0.5, 0.6) is 11.5 Å². The fourth-order valence-corrected chi connectivity index (χ4v) is 3.42. The number of pyridine rings is 1. The minimum Gasteiger partial charge on any atom is -0.507 e. The number of halogens is 1. The van der Waals surface area contributed by atoms with Gasteiger partial charge >= 0.3 is 0 Å². The van der Waals surface area contributed by atoms with Gasteiger partial charge < -0.3 is 15.1 Å². The summed E-state index contributed by atoms with van der Waals surface area (Å²) < 4.78 is 0. The van der Waals surface area contributed by atoms with Gasteiger partial charge in [-0.1, -0.05) is 17.7 Å². The first-order valence-corrected chi connectivity index (χ1v) is 8.23. The third-order valence-electron chi connectivity index (χ3n) is 4.43. The molecule has 1 aromatic carbocycles. The van der Waals surface area contributed by atoms with Gasteiger partial charge in [0.2, 0.25) is 0 Å². The van der Waals surface area contributed by atoms with Gasteiger partial charge in [0.25, 0.3) is 5.91 Å². The van der Waals surface area contributed by atoms with E-state index >= 15 is 0 Å². The summed E-state index contributed by atoms with van der Waals surface area (Å²) in [6.45, 7) is 4.48. The fraction of sp³-hybridized carbons (Fsp3) is 0.333. The van der Waals surface area contributed by atoms with Crippen LogP contribution in [0.15, 0.2) is 24.3 Å². The molecule has 6 heteroatoms. The van der Waals surface area contributed by atoms with Crippen LogP contribution in [-0.4, -0.2) is 32.5 Å². The van der Waals surface area contributed by atoms with Crippen molar-refractivity contribution in [2.75, 3.05) is 6.54 Å². The minimum atomic E-state index is -0.295. The summed E-state index contributed by atoms with van der Waals surface area (Å²) in [7, 11) is 0. The van der Waals surface area contributed by atoms with Crippen molar-refractivity contribution >= 4 is 17.5 Å². The molecule has 0 saturated carbocycles. The maximum atomic E-state index is 12.9. The van der Waals surface area contributed by atoms with Crippen LogP contribution in [0, 0.1) is 13.8 Å². The van der Waals surface area contributed by atoms with Crippen LogP contribution >= 0.6 is 11.6 Å². The highest BCUT2D eigenvalue weighted by atomic mass is 35.5. The Kier molecular flexibility index (Phi) is 4.37. The normalized spacial score (nSPS) is 17.3. The molecular weight excluding hydrogens is 328 g/mol. The topological polar surface area (TPSA) is 73.7 Å². The van der Waals surface area contributed by atoms with Gasteiger partial charge in [-0.3, -0.25) is 9.78 Å². The first-order valence-electron chi connectivity index (χ1n) is 7.85. The number of carbonyl (C=O) groups excluding carboxylic acids is 1. The van der Waals surface area contributed by atoms with Crippen LogP contribution in [0.2, 0.25) is 5.02 Å². The molecule has 3 rings (SSSR count). The van der Waals surface area contributed by atoms with Gasteiger partial charge in [0.05, 0.1) is 16.6 Å². The summed E-state index contributed by atoms with van der Waals surface area (Å²) in [6.07, 6.45) is 1.74. The predicted molar refractivity (Wildman–Crippen MR) is 91.5 cm³/mol. The van der Waals surface area contributed by atoms with Crippen molar-refractivity contribution in [2.45, 2.75) is 32.7 Å². The Morgan fingerprint density at radius 1 is 1.25 bits per heavy atom. The molecule has 0 spiro atoms. The molecule has 0 radical (unpaired) electrons. The highest BCUT2D eigenvalue weighted by Gasteiger charge is 2.33. The standard InChI is InChI=1S/C18H19ClN2O3/c1-10-5-6-12(11(2)20-10)15-4-3-7-21(15)18(24)13-8-14(19)17(23)9-16(13)22/h5-6,8-9,15,22-23H,3-4,7H2,1-2H3/t15-/m1/s1. The third kappa shape index (κ3) is 2.91. The molecule has 0 bridgehead atoms. The number of phenolic OH excluding ortho intramolecular Hbond substituents is 2. The zero-order valence-electron chi connectivity index (χ0n) is 13.6. The lowest BCUT2D eigenvalue weighted by atomic mass is 10.0. The number of aromatic hydroxyl groups is 2. The van der Waals surface area contributed by atoms with Gasteiger partial charge in [-0.15, -0.1) is 0 Å². The Bertz CT molecular complexity index is 807. The fourth-order valence-electron chi connectivity index (χ4n) is 3.26. The average Bonchev–Trinajstić information content (AvgIpc) is 2.99. The molecule has 1 saturated heterocycles. The number of aromatic nitrogens is 1. The van der Waals surface area contributed by atoms with E-state index in [9.17, 15) is 15.0 Å². The lowest BCUT2D eigenvalue weighted by Gasteiger charge is -2.26. The first-order chi connectivity index (χ1) is 11.4. The Hall–Kier alpha value is -2.27. The molecule has 5 nitrogen and oxygen atoms in total. The quantitative estimate of drug-likeness (QED) is 0.868. The van der Waals surface area contributed by atoms with E-state index < -0.39 is 0 Å². The van der Waals surface area contributed by atoms with Crippen LogP contribution in [0.4, 0.5) is 0 Å². The molecule has 1 atom stereocenters. The number of likely N-dealkylation sites (tertiary alicyclic amines) is 1. The number of rotatable bonds is 2. The van der Waals surface area contributed by atoms with E-state index in [1.54, 1.807) is 4.90 Å². The zero-order chi connectivity index (χ0) is 17.4. The van der Waals surface area contributed by atoms with Crippen LogP contribution in [-0.2, 0) is 0 Å². The summed E-state index contributed by atoms with van der Waals surface area (Å²) in [6, 6.07) is 6.29. The number of hydrogen-bond donors (Lipinski definition) is 2. The molecule has 0 unspecified atom stereocenters. The van der Waals surface area contributed by atoms with Crippen LogP contribution in [0.3, 0.4) is 0 Å². The average molecular weight is 347 g/mol. The summed E-state index contributed by atoms with van der Waals surface area (Å²) >= 11 is 5.89. The lowest BCUT2D eigenvalue weighted by Crippen LogP contribution is -2.31. The van der Waals surface area contributed by atoms with Crippen LogP contribution < -0.4 is 0 Å². The van der Waals surface area contributed by atoms with E-state index in [1.165, 1.54) is 6.07 Å². The molecule has 0 aliphatic carbocycles. The van der Waals surface area contributed by atoms with Gasteiger partial charge in [0.1, 0.15) is 11.5 Å². The summed E-state index contributed by atoms with van der Waals surface area (Å²) in [5.74, 6) is -0.814. The number of aryl methyl sites for hydroxylation is 2. The number of benzene rings is 1. The number of nitrogens with zero attached hydrogens (tertiary/aromatic N) is 2. The largest absolute Gasteiger partial charge is 0.507 e. The monoisotopic (exact) mass is 346 g/mol. The van der Waals surface area contributed by atoms with Crippen molar-refractivity contribution in [2.24, 2.45) is 0 Å². The predicted octanol–water partition coefficient (Wildman–Crippen LogP) is 3.74. The molecule has 1 amide bonds. The maximum Gasteiger partial charge on any atom is 0.258 e. The molecular formula is C18H19ClN2O3. The van der Waals surface area contributed by atoms with Crippen molar-refractivity contribution in [1.82, 2.24) is 9.88 Å². The summed E-state index contributed by atoms with van der Waals surface area (Å²) in [4.78, 5) is 19.1. The second-order valence-electron chi connectivity index (χ2n) is 6.10. The molecule has 126 valence electrons. The summed E-state index contributed by atoms with van der Waals surface area (Å²) in [5, 5.41) is 19.6. The Morgan fingerprint density at radius 2 is 2.00 bits per heavy atom. The number of carbonyl (C=O) groups is 1. The third-order valence-corrected chi connectivity index (χ3v) is 4.74. The molecule has 24 heavy (non-hydrogen) atoms. The van der Waals surface area contributed by atoms with Crippen molar-refractivity contribution < 1.29 is 15.0 Å². The van der Waals surface area contributed by atoms with Crippen molar-refractivity contribution in [3.05, 3.63) is 51.8 Å². The molecule has 1 fully saturated rings. The second kappa shape index (κ2) is 6.32. The molecule has 1 aromatic heterocycles. The van der Waals surface area contributed by atoms with E-state index in [1.807, 2.05) is 26.0 Å². The maximum absolute atomic E-state index is 12.9. The van der Waals surface area contributed by atoms with E-state index in [2.05, 4.69) is 4.98 Å². The van der Waals surface area contributed by atoms with Crippen molar-refractivity contribution in [3.63, 3.8) is 0 Å². The molecule has 2 heterocycles. The minimum absolute atomic E-state index is 0.0417. The lowest BCUT2D eigenvalue weighted by molar-refractivity contribution is 0.0732. The molecule has 1 aliphatic heterocycles. The van der Waals surface area contributed by atoms with Gasteiger partial charge in [0.15, 0.2) is 0 Å². The first kappa shape index (κ1) is 16.6. The van der Waals surface area contributed by atoms with E-state index in [0.717, 1.165) is 35.9 Å². The Balaban J connectivity index is 1.96. The SMILES string of the molecule is Cc1ccc([C@H]2CCCN2C(=O)c2cc(Cl)c(O)cc2O)c(C)n1. The van der Waals surface area contributed by atoms with Crippen molar-refractivity contribution in [3.8, 4) is 11.5 Å².